The molecule has 0 radical (unpaired) electrons. The van der Waals surface area contributed by atoms with Crippen molar-refractivity contribution in [1.29, 1.82) is 0 Å². The van der Waals surface area contributed by atoms with Gasteiger partial charge in [0.2, 0.25) is 0 Å². The van der Waals surface area contributed by atoms with Crippen molar-refractivity contribution in [2.75, 3.05) is 13.2 Å². The highest BCUT2D eigenvalue weighted by Crippen LogP contribution is 1.93. The normalized spacial score (nSPS) is 15.3. The molecule has 0 aliphatic rings. The Kier molecular flexibility index (Phi) is 3.86. The molecule has 10 heavy (non-hydrogen) atoms. The zero-order valence-corrected chi connectivity index (χ0v) is 7.02. The van der Waals surface area contributed by atoms with Crippen molar-refractivity contribution < 1.29 is 5.11 Å². The van der Waals surface area contributed by atoms with Gasteiger partial charge < -0.3 is 16.2 Å². The monoisotopic (exact) mass is 146 g/mol. The first kappa shape index (κ1) is 9.88. The summed E-state index contributed by atoms with van der Waals surface area (Å²) in [6.07, 6.45) is 0. The highest BCUT2D eigenvalue weighted by atomic mass is 16.3. The number of rotatable bonds is 4. The third kappa shape index (κ3) is 6.01. The smallest absolute Gasteiger partial charge is 0.0581 e. The van der Waals surface area contributed by atoms with Crippen LogP contribution < -0.4 is 11.1 Å². The summed E-state index contributed by atoms with van der Waals surface area (Å²) in [6.45, 7) is 6.71. The van der Waals surface area contributed by atoms with Gasteiger partial charge in [-0.3, -0.25) is 0 Å². The SMILES string of the molecule is CC(CO)NCC(C)(C)N. The van der Waals surface area contributed by atoms with E-state index in [0.717, 1.165) is 6.54 Å². The van der Waals surface area contributed by atoms with Crippen molar-refractivity contribution in [3.05, 3.63) is 0 Å². The Labute approximate surface area is 62.6 Å². The third-order valence-corrected chi connectivity index (χ3v) is 1.18. The molecule has 62 valence electrons. The van der Waals surface area contributed by atoms with Crippen LogP contribution in [0.3, 0.4) is 0 Å². The molecule has 0 rings (SSSR count). The number of hydrogen-bond acceptors (Lipinski definition) is 3. The highest BCUT2D eigenvalue weighted by Gasteiger charge is 2.10. The predicted molar refractivity (Wildman–Crippen MR) is 42.8 cm³/mol. The number of aliphatic hydroxyl groups excluding tert-OH is 1. The summed E-state index contributed by atoms with van der Waals surface area (Å²) in [5, 5.41) is 11.7. The molecule has 0 fully saturated rings. The van der Waals surface area contributed by atoms with Crippen LogP contribution in [0.25, 0.3) is 0 Å². The molecule has 0 aromatic carbocycles. The Balaban J connectivity index is 3.36. The van der Waals surface area contributed by atoms with Crippen LogP contribution in [0.15, 0.2) is 0 Å². The molecule has 0 spiro atoms. The van der Waals surface area contributed by atoms with Crippen molar-refractivity contribution in [3.8, 4) is 0 Å². The van der Waals surface area contributed by atoms with Gasteiger partial charge in [0.1, 0.15) is 0 Å². The van der Waals surface area contributed by atoms with Gasteiger partial charge in [0.05, 0.1) is 6.61 Å². The Hall–Kier alpha value is -0.120. The van der Waals surface area contributed by atoms with Crippen LogP contribution >= 0.6 is 0 Å². The van der Waals surface area contributed by atoms with Crippen molar-refractivity contribution in [2.45, 2.75) is 32.4 Å². The van der Waals surface area contributed by atoms with E-state index in [2.05, 4.69) is 5.32 Å². The standard InChI is InChI=1S/C7H18N2O/c1-6(4-10)9-5-7(2,3)8/h6,9-10H,4-5,8H2,1-3H3. The fraction of sp³-hybridized carbons (Fsp3) is 1.00. The van der Waals surface area contributed by atoms with E-state index in [-0.39, 0.29) is 18.2 Å². The van der Waals surface area contributed by atoms with E-state index in [1.807, 2.05) is 20.8 Å². The number of aliphatic hydroxyl groups is 1. The molecule has 0 aliphatic heterocycles. The lowest BCUT2D eigenvalue weighted by molar-refractivity contribution is 0.245. The highest BCUT2D eigenvalue weighted by molar-refractivity contribution is 4.76. The molecule has 0 amide bonds. The maximum absolute atomic E-state index is 8.63. The molecule has 0 aromatic rings. The lowest BCUT2D eigenvalue weighted by Crippen LogP contribution is -2.46. The fourth-order valence-electron chi connectivity index (χ4n) is 0.502. The molecule has 0 bridgehead atoms. The largest absolute Gasteiger partial charge is 0.395 e. The number of nitrogens with one attached hydrogen (secondary N) is 1. The van der Waals surface area contributed by atoms with Crippen LogP contribution in [-0.2, 0) is 0 Å². The Morgan fingerprint density at radius 2 is 2.10 bits per heavy atom. The van der Waals surface area contributed by atoms with Crippen molar-refractivity contribution in [1.82, 2.24) is 5.32 Å². The zero-order valence-electron chi connectivity index (χ0n) is 7.02. The van der Waals surface area contributed by atoms with Gasteiger partial charge in [-0.25, -0.2) is 0 Å². The molecule has 0 heterocycles. The average molecular weight is 146 g/mol. The van der Waals surface area contributed by atoms with Crippen LogP contribution in [0.2, 0.25) is 0 Å². The van der Waals surface area contributed by atoms with E-state index < -0.39 is 0 Å². The molecule has 0 aliphatic carbocycles. The van der Waals surface area contributed by atoms with Crippen molar-refractivity contribution >= 4 is 0 Å². The first-order valence-electron chi connectivity index (χ1n) is 3.59. The summed E-state index contributed by atoms with van der Waals surface area (Å²) in [5.41, 5.74) is 5.50. The average Bonchev–Trinajstić information content (AvgIpc) is 1.81. The lowest BCUT2D eigenvalue weighted by Gasteiger charge is -2.21. The molecule has 0 saturated heterocycles. The minimum Gasteiger partial charge on any atom is -0.395 e. The Morgan fingerprint density at radius 1 is 1.60 bits per heavy atom. The van der Waals surface area contributed by atoms with Gasteiger partial charge in [0.15, 0.2) is 0 Å². The van der Waals surface area contributed by atoms with Crippen LogP contribution in [0.1, 0.15) is 20.8 Å². The minimum atomic E-state index is -0.191. The number of hydrogen-bond donors (Lipinski definition) is 3. The van der Waals surface area contributed by atoms with Gasteiger partial charge in [-0.15, -0.1) is 0 Å². The summed E-state index contributed by atoms with van der Waals surface area (Å²) in [6, 6.07) is 0.142. The van der Waals surface area contributed by atoms with Crippen molar-refractivity contribution in [2.24, 2.45) is 5.73 Å². The van der Waals surface area contributed by atoms with Gasteiger partial charge in [-0.1, -0.05) is 0 Å². The second-order valence-electron chi connectivity index (χ2n) is 3.45. The second kappa shape index (κ2) is 3.91. The third-order valence-electron chi connectivity index (χ3n) is 1.18. The Morgan fingerprint density at radius 3 is 2.40 bits per heavy atom. The van der Waals surface area contributed by atoms with Gasteiger partial charge in [-0.05, 0) is 20.8 Å². The topological polar surface area (TPSA) is 58.3 Å². The molecule has 3 heteroatoms. The first-order valence-corrected chi connectivity index (χ1v) is 3.59. The molecule has 0 saturated carbocycles. The number of nitrogens with two attached hydrogens (primary N) is 1. The van der Waals surface area contributed by atoms with Crippen molar-refractivity contribution in [3.63, 3.8) is 0 Å². The van der Waals surface area contributed by atoms with E-state index in [9.17, 15) is 0 Å². The van der Waals surface area contributed by atoms with Gasteiger partial charge in [0.25, 0.3) is 0 Å². The summed E-state index contributed by atoms with van der Waals surface area (Å²) >= 11 is 0. The van der Waals surface area contributed by atoms with Crippen LogP contribution in [0, 0.1) is 0 Å². The summed E-state index contributed by atoms with van der Waals surface area (Å²) < 4.78 is 0. The Bertz CT molecular complexity index is 88.1. The quantitative estimate of drug-likeness (QED) is 0.510. The molecule has 0 aromatic heterocycles. The fourth-order valence-corrected chi connectivity index (χ4v) is 0.502. The molecular weight excluding hydrogens is 128 g/mol. The van der Waals surface area contributed by atoms with Gasteiger partial charge >= 0.3 is 0 Å². The van der Waals surface area contributed by atoms with E-state index in [0.29, 0.717) is 0 Å². The molecule has 1 unspecified atom stereocenters. The van der Waals surface area contributed by atoms with E-state index in [1.54, 1.807) is 0 Å². The molecule has 1 atom stereocenters. The van der Waals surface area contributed by atoms with Crippen LogP contribution in [-0.4, -0.2) is 29.8 Å². The molecule has 4 N–H and O–H groups in total. The summed E-state index contributed by atoms with van der Waals surface area (Å²) in [4.78, 5) is 0. The zero-order chi connectivity index (χ0) is 8.20. The van der Waals surface area contributed by atoms with E-state index >= 15 is 0 Å². The van der Waals surface area contributed by atoms with Crippen LogP contribution in [0.4, 0.5) is 0 Å². The molecular formula is C7H18N2O. The second-order valence-corrected chi connectivity index (χ2v) is 3.45. The van der Waals surface area contributed by atoms with Crippen LogP contribution in [0.5, 0.6) is 0 Å². The minimum absolute atomic E-state index is 0.142. The first-order chi connectivity index (χ1) is 4.45. The predicted octanol–water partition coefficient (Wildman–Crippen LogP) is -0.306. The summed E-state index contributed by atoms with van der Waals surface area (Å²) in [7, 11) is 0. The molecule has 3 nitrogen and oxygen atoms in total. The van der Waals surface area contributed by atoms with E-state index in [4.69, 9.17) is 10.8 Å². The summed E-state index contributed by atoms with van der Waals surface area (Å²) in [5.74, 6) is 0. The maximum atomic E-state index is 8.63. The maximum Gasteiger partial charge on any atom is 0.0581 e. The van der Waals surface area contributed by atoms with Gasteiger partial charge in [-0.2, -0.15) is 0 Å². The van der Waals surface area contributed by atoms with Gasteiger partial charge in [0, 0.05) is 18.1 Å². The van der Waals surface area contributed by atoms with E-state index in [1.165, 1.54) is 0 Å². The lowest BCUT2D eigenvalue weighted by atomic mass is 10.1.